The van der Waals surface area contributed by atoms with Crippen LogP contribution in [0.1, 0.15) is 28.7 Å². The summed E-state index contributed by atoms with van der Waals surface area (Å²) in [5.41, 5.74) is 3.13. The number of hydrogen-bond acceptors (Lipinski definition) is 6. The van der Waals surface area contributed by atoms with Crippen LogP contribution in [0.4, 0.5) is 18.0 Å². The number of likely N-dealkylation sites (tertiary alicyclic amines) is 1. The van der Waals surface area contributed by atoms with E-state index in [1.165, 1.54) is 0 Å². The van der Waals surface area contributed by atoms with E-state index in [2.05, 4.69) is 36.4 Å². The molecule has 5 aromatic rings. The number of thioether (sulfide) groups is 1. The zero-order valence-electron chi connectivity index (χ0n) is 27.0. The van der Waals surface area contributed by atoms with E-state index in [9.17, 15) is 18.0 Å². The maximum absolute atomic E-state index is 14.5. The number of hydrogen-bond donors (Lipinski definition) is 0. The van der Waals surface area contributed by atoms with Crippen LogP contribution in [0.5, 0.6) is 17.2 Å². The molecular formula is C40H34F3NO5S. The Morgan fingerprint density at radius 2 is 1.36 bits per heavy atom. The van der Waals surface area contributed by atoms with Gasteiger partial charge in [0.15, 0.2) is 23.1 Å². The third-order valence-electron chi connectivity index (χ3n) is 8.88. The average Bonchev–Trinajstić information content (AvgIpc) is 3.56. The lowest BCUT2D eigenvalue weighted by Crippen LogP contribution is -2.40. The van der Waals surface area contributed by atoms with E-state index >= 15 is 0 Å². The van der Waals surface area contributed by atoms with Gasteiger partial charge in [0.25, 0.3) is 0 Å². The molecule has 2 aliphatic heterocycles. The van der Waals surface area contributed by atoms with Crippen molar-refractivity contribution in [1.82, 2.24) is 4.90 Å². The molecule has 10 heteroatoms. The summed E-state index contributed by atoms with van der Waals surface area (Å²) in [6, 6.07) is 36.7. The van der Waals surface area contributed by atoms with E-state index in [0.717, 1.165) is 22.8 Å². The maximum atomic E-state index is 14.5. The fraction of sp³-hybridized carbons (Fsp3) is 0.225. The quantitative estimate of drug-likeness (QED) is 0.108. The minimum absolute atomic E-state index is 0.00607. The number of benzene rings is 5. The molecule has 256 valence electrons. The SMILES string of the molecule is O=C(Oc1cccc2c1OCCO2)N1C[C@H](SC(c2ccccc2)(c2ccccc2)c2ccccc2)C[C@H]1COCc1cc(F)c(F)cc1F. The molecule has 1 fully saturated rings. The molecule has 1 amide bonds. The smallest absolute Gasteiger partial charge is 0.415 e. The third kappa shape index (κ3) is 6.90. The Labute approximate surface area is 292 Å². The van der Waals surface area contributed by atoms with Crippen molar-refractivity contribution in [3.63, 3.8) is 0 Å². The third-order valence-corrected chi connectivity index (χ3v) is 10.6. The van der Waals surface area contributed by atoms with Gasteiger partial charge >= 0.3 is 6.09 Å². The standard InChI is InChI=1S/C40H34F3NO5S/c41-33-23-35(43)34(42)21-27(33)25-46-26-31-22-32(24-44(31)39(45)49-37-18-10-17-36-38(37)48-20-19-47-36)50-40(28-11-4-1-5-12-28,29-13-6-2-7-14-29)30-15-8-3-9-16-30/h1-18,21,23,31-32H,19-20,22,24-26H2/t31-,32+/m0/s1. The van der Waals surface area contributed by atoms with Gasteiger partial charge < -0.3 is 23.8 Å². The number of fused-ring (bicyclic) bond motifs is 1. The van der Waals surface area contributed by atoms with E-state index in [0.29, 0.717) is 43.7 Å². The molecular weight excluding hydrogens is 664 g/mol. The lowest BCUT2D eigenvalue weighted by Gasteiger charge is -2.37. The molecule has 0 radical (unpaired) electrons. The summed E-state index contributed by atoms with van der Waals surface area (Å²) in [5.74, 6) is -2.26. The Morgan fingerprint density at radius 3 is 2.00 bits per heavy atom. The van der Waals surface area contributed by atoms with Crippen molar-refractivity contribution < 1.29 is 36.9 Å². The molecule has 7 rings (SSSR count). The number of ether oxygens (including phenoxy) is 4. The molecule has 1 saturated heterocycles. The summed E-state index contributed by atoms with van der Waals surface area (Å²) in [6.45, 7) is 0.727. The van der Waals surface area contributed by atoms with E-state index in [1.807, 2.05) is 54.6 Å². The number of carbonyl (C=O) groups is 1. The number of nitrogens with zero attached hydrogens (tertiary/aromatic N) is 1. The molecule has 0 N–H and O–H groups in total. The van der Waals surface area contributed by atoms with Crippen molar-refractivity contribution >= 4 is 17.9 Å². The summed E-state index contributed by atoms with van der Waals surface area (Å²) in [7, 11) is 0. The summed E-state index contributed by atoms with van der Waals surface area (Å²) in [5, 5.41) is -0.110. The van der Waals surface area contributed by atoms with Crippen molar-refractivity contribution in [3.8, 4) is 17.2 Å². The van der Waals surface area contributed by atoms with Crippen LogP contribution in [0.3, 0.4) is 0 Å². The van der Waals surface area contributed by atoms with Gasteiger partial charge in [-0.25, -0.2) is 18.0 Å². The van der Waals surface area contributed by atoms with Crippen LogP contribution in [0.2, 0.25) is 0 Å². The van der Waals surface area contributed by atoms with Gasteiger partial charge in [-0.2, -0.15) is 0 Å². The lowest BCUT2D eigenvalue weighted by molar-refractivity contribution is 0.0643. The van der Waals surface area contributed by atoms with Crippen molar-refractivity contribution in [1.29, 1.82) is 0 Å². The minimum Gasteiger partial charge on any atom is -0.486 e. The second-order valence-corrected chi connectivity index (χ2v) is 13.6. The normalized spacial score (nSPS) is 17.1. The van der Waals surface area contributed by atoms with Gasteiger partial charge in [0.05, 0.1) is 24.0 Å². The van der Waals surface area contributed by atoms with Crippen molar-refractivity contribution in [3.05, 3.63) is 161 Å². The molecule has 50 heavy (non-hydrogen) atoms. The number of amides is 1. The van der Waals surface area contributed by atoms with Gasteiger partial charge in [0, 0.05) is 23.4 Å². The number of rotatable bonds is 10. The molecule has 6 nitrogen and oxygen atoms in total. The number of para-hydroxylation sites is 1. The average molecular weight is 698 g/mol. The van der Waals surface area contributed by atoms with E-state index in [4.69, 9.17) is 18.9 Å². The zero-order valence-corrected chi connectivity index (χ0v) is 27.8. The Bertz CT molecular complexity index is 1840. The second-order valence-electron chi connectivity index (χ2n) is 12.1. The molecule has 5 aromatic carbocycles. The van der Waals surface area contributed by atoms with Crippen molar-refractivity contribution in [2.24, 2.45) is 0 Å². The molecule has 0 unspecified atom stereocenters. The highest BCUT2D eigenvalue weighted by Crippen LogP contribution is 2.52. The predicted octanol–water partition coefficient (Wildman–Crippen LogP) is 8.76. The van der Waals surface area contributed by atoms with Gasteiger partial charge in [-0.1, -0.05) is 97.1 Å². The van der Waals surface area contributed by atoms with Crippen molar-refractivity contribution in [2.45, 2.75) is 29.1 Å². The molecule has 0 aromatic heterocycles. The van der Waals surface area contributed by atoms with E-state index in [-0.39, 0.29) is 29.8 Å². The van der Waals surface area contributed by atoms with Crippen LogP contribution in [-0.2, 0) is 16.1 Å². The number of carbonyl (C=O) groups excluding carboxylic acids is 1. The number of halogens is 3. The topological polar surface area (TPSA) is 57.2 Å². The first-order valence-corrected chi connectivity index (χ1v) is 17.2. The van der Waals surface area contributed by atoms with Crippen LogP contribution in [0, 0.1) is 17.5 Å². The maximum Gasteiger partial charge on any atom is 0.415 e. The predicted molar refractivity (Wildman–Crippen MR) is 185 cm³/mol. The first-order valence-electron chi connectivity index (χ1n) is 16.3. The van der Waals surface area contributed by atoms with E-state index in [1.54, 1.807) is 34.9 Å². The molecule has 2 heterocycles. The van der Waals surface area contributed by atoms with E-state index < -0.39 is 34.3 Å². The highest BCUT2D eigenvalue weighted by atomic mass is 32.2. The summed E-state index contributed by atoms with van der Waals surface area (Å²) < 4.78 is 64.6. The van der Waals surface area contributed by atoms with Crippen LogP contribution in [0.15, 0.2) is 121 Å². The van der Waals surface area contributed by atoms with Gasteiger partial charge in [0.1, 0.15) is 19.0 Å². The molecule has 2 aliphatic rings. The van der Waals surface area contributed by atoms with Crippen LogP contribution in [0.25, 0.3) is 0 Å². The molecule has 2 atom stereocenters. The van der Waals surface area contributed by atoms with Gasteiger partial charge in [0.2, 0.25) is 5.75 Å². The molecule has 0 aliphatic carbocycles. The fourth-order valence-electron chi connectivity index (χ4n) is 6.57. The summed E-state index contributed by atoms with van der Waals surface area (Å²) in [6.07, 6.45) is -0.0890. The zero-order chi connectivity index (χ0) is 34.5. The second kappa shape index (κ2) is 14.9. The van der Waals surface area contributed by atoms with Gasteiger partial charge in [-0.15, -0.1) is 11.8 Å². The Hall–Kier alpha value is -4.93. The molecule has 0 saturated carbocycles. The molecule has 0 bridgehead atoms. The Balaban J connectivity index is 1.21. The Kier molecular flexibility index (Phi) is 10.0. The van der Waals surface area contributed by atoms with Gasteiger partial charge in [-0.3, -0.25) is 0 Å². The van der Waals surface area contributed by atoms with Gasteiger partial charge in [-0.05, 0) is 41.3 Å². The van der Waals surface area contributed by atoms with Crippen LogP contribution < -0.4 is 14.2 Å². The first-order chi connectivity index (χ1) is 24.4. The largest absolute Gasteiger partial charge is 0.486 e. The van der Waals surface area contributed by atoms with Crippen molar-refractivity contribution in [2.75, 3.05) is 26.4 Å². The minimum atomic E-state index is -1.27. The lowest BCUT2D eigenvalue weighted by atomic mass is 9.84. The first kappa shape index (κ1) is 33.6. The molecule has 0 spiro atoms. The highest BCUT2D eigenvalue weighted by Gasteiger charge is 2.45. The highest BCUT2D eigenvalue weighted by molar-refractivity contribution is 8.01. The van der Waals surface area contributed by atoms with Crippen LogP contribution >= 0.6 is 11.8 Å². The summed E-state index contributed by atoms with van der Waals surface area (Å²) >= 11 is 1.75. The summed E-state index contributed by atoms with van der Waals surface area (Å²) in [4.78, 5) is 15.6. The monoisotopic (exact) mass is 697 g/mol. The van der Waals surface area contributed by atoms with Crippen LogP contribution in [-0.4, -0.2) is 48.7 Å². The Morgan fingerprint density at radius 1 is 0.760 bits per heavy atom. The fourth-order valence-corrected chi connectivity index (χ4v) is 8.44.